The van der Waals surface area contributed by atoms with Crippen LogP contribution in [0.2, 0.25) is 0 Å². The van der Waals surface area contributed by atoms with Crippen LogP contribution >= 0.6 is 0 Å². The number of hydrogen-bond acceptors (Lipinski definition) is 2. The standard InChI is InChI=1S/C12H22N2O/c1-7(2)11-13-9(4)12(15)14(11)6-10-5-8(10)3/h7-11,13H,5-6H2,1-4H3. The molecule has 1 aliphatic heterocycles. The van der Waals surface area contributed by atoms with Crippen LogP contribution in [0.15, 0.2) is 0 Å². The second kappa shape index (κ2) is 3.78. The summed E-state index contributed by atoms with van der Waals surface area (Å²) in [6, 6.07) is 0.00598. The first-order chi connectivity index (χ1) is 7.00. The Labute approximate surface area is 92.2 Å². The quantitative estimate of drug-likeness (QED) is 0.764. The third kappa shape index (κ3) is 2.03. The molecule has 1 aliphatic carbocycles. The Kier molecular flexibility index (Phi) is 2.75. The van der Waals surface area contributed by atoms with Crippen molar-refractivity contribution in [1.82, 2.24) is 10.2 Å². The lowest BCUT2D eigenvalue weighted by molar-refractivity contribution is -0.130. The molecule has 1 amide bonds. The zero-order chi connectivity index (χ0) is 11.2. The van der Waals surface area contributed by atoms with E-state index in [1.165, 1.54) is 6.42 Å². The predicted octanol–water partition coefficient (Wildman–Crippen LogP) is 1.44. The molecule has 4 atom stereocenters. The van der Waals surface area contributed by atoms with E-state index in [1.54, 1.807) is 0 Å². The second-order valence-corrected chi connectivity index (χ2v) is 5.54. The third-order valence-corrected chi connectivity index (χ3v) is 3.75. The molecule has 1 N–H and O–H groups in total. The van der Waals surface area contributed by atoms with E-state index in [1.807, 2.05) is 6.92 Å². The molecule has 0 aromatic rings. The molecular weight excluding hydrogens is 188 g/mol. The molecule has 1 saturated carbocycles. The molecule has 0 radical (unpaired) electrons. The molecular formula is C12H22N2O. The van der Waals surface area contributed by atoms with Crippen molar-refractivity contribution < 1.29 is 4.79 Å². The predicted molar refractivity (Wildman–Crippen MR) is 60.2 cm³/mol. The van der Waals surface area contributed by atoms with Gasteiger partial charge >= 0.3 is 0 Å². The highest BCUT2D eigenvalue weighted by molar-refractivity contribution is 5.84. The Bertz CT molecular complexity index is 264. The zero-order valence-electron chi connectivity index (χ0n) is 10.2. The van der Waals surface area contributed by atoms with Gasteiger partial charge in [-0.2, -0.15) is 0 Å². The maximum Gasteiger partial charge on any atom is 0.240 e. The molecule has 3 heteroatoms. The normalized spacial score (nSPS) is 40.3. The minimum absolute atomic E-state index is 0.00598. The van der Waals surface area contributed by atoms with Gasteiger partial charge in [0.15, 0.2) is 0 Å². The van der Waals surface area contributed by atoms with Gasteiger partial charge in [-0.25, -0.2) is 0 Å². The van der Waals surface area contributed by atoms with Gasteiger partial charge in [0, 0.05) is 6.54 Å². The lowest BCUT2D eigenvalue weighted by atomic mass is 10.1. The summed E-state index contributed by atoms with van der Waals surface area (Å²) < 4.78 is 0. The van der Waals surface area contributed by atoms with E-state index in [4.69, 9.17) is 0 Å². The van der Waals surface area contributed by atoms with E-state index in [2.05, 4.69) is 31.0 Å². The molecule has 3 nitrogen and oxygen atoms in total. The van der Waals surface area contributed by atoms with Crippen molar-refractivity contribution in [3.63, 3.8) is 0 Å². The van der Waals surface area contributed by atoms with Crippen molar-refractivity contribution in [2.24, 2.45) is 17.8 Å². The number of nitrogens with zero attached hydrogens (tertiary/aromatic N) is 1. The first kappa shape index (κ1) is 10.9. The summed E-state index contributed by atoms with van der Waals surface area (Å²) in [5.74, 6) is 2.35. The van der Waals surface area contributed by atoms with Gasteiger partial charge in [0.05, 0.1) is 12.2 Å². The van der Waals surface area contributed by atoms with E-state index in [0.29, 0.717) is 5.92 Å². The number of nitrogens with one attached hydrogen (secondary N) is 1. The van der Waals surface area contributed by atoms with Crippen molar-refractivity contribution in [1.29, 1.82) is 0 Å². The second-order valence-electron chi connectivity index (χ2n) is 5.54. The van der Waals surface area contributed by atoms with Gasteiger partial charge < -0.3 is 4.90 Å². The van der Waals surface area contributed by atoms with Crippen LogP contribution in [-0.2, 0) is 4.79 Å². The molecule has 4 unspecified atom stereocenters. The fraction of sp³-hybridized carbons (Fsp3) is 0.917. The Morgan fingerprint density at radius 1 is 1.47 bits per heavy atom. The Balaban J connectivity index is 2.01. The molecule has 0 spiro atoms. The van der Waals surface area contributed by atoms with E-state index in [-0.39, 0.29) is 18.1 Å². The first-order valence-electron chi connectivity index (χ1n) is 6.07. The largest absolute Gasteiger partial charge is 0.325 e. The van der Waals surface area contributed by atoms with Gasteiger partial charge in [-0.05, 0) is 31.1 Å². The number of carbonyl (C=O) groups excluding carboxylic acids is 1. The van der Waals surface area contributed by atoms with Gasteiger partial charge in [-0.3, -0.25) is 10.1 Å². The molecule has 86 valence electrons. The molecule has 2 aliphatic rings. The van der Waals surface area contributed by atoms with Gasteiger partial charge in [-0.1, -0.05) is 20.8 Å². The highest BCUT2D eigenvalue weighted by Crippen LogP contribution is 2.39. The van der Waals surface area contributed by atoms with Crippen LogP contribution in [-0.4, -0.2) is 29.6 Å². The summed E-state index contributed by atoms with van der Waals surface area (Å²) in [5, 5.41) is 3.38. The van der Waals surface area contributed by atoms with Gasteiger partial charge in [-0.15, -0.1) is 0 Å². The molecule has 0 aromatic heterocycles. The fourth-order valence-electron chi connectivity index (χ4n) is 2.47. The van der Waals surface area contributed by atoms with Crippen molar-refractivity contribution in [2.45, 2.75) is 46.3 Å². The smallest absolute Gasteiger partial charge is 0.240 e. The van der Waals surface area contributed by atoms with Crippen molar-refractivity contribution in [3.8, 4) is 0 Å². The number of carbonyl (C=O) groups is 1. The minimum Gasteiger partial charge on any atom is -0.325 e. The van der Waals surface area contributed by atoms with E-state index >= 15 is 0 Å². The lowest BCUT2D eigenvalue weighted by Gasteiger charge is -2.27. The average Bonchev–Trinajstić information content (AvgIpc) is 2.77. The number of hydrogen-bond donors (Lipinski definition) is 1. The topological polar surface area (TPSA) is 32.3 Å². The van der Waals surface area contributed by atoms with E-state index in [0.717, 1.165) is 18.4 Å². The number of amides is 1. The number of rotatable bonds is 3. The van der Waals surface area contributed by atoms with Crippen LogP contribution in [0.5, 0.6) is 0 Å². The maximum absolute atomic E-state index is 12.0. The zero-order valence-corrected chi connectivity index (χ0v) is 10.2. The minimum atomic E-state index is 0.00598. The lowest BCUT2D eigenvalue weighted by Crippen LogP contribution is -2.42. The van der Waals surface area contributed by atoms with Crippen LogP contribution in [0.1, 0.15) is 34.1 Å². The fourth-order valence-corrected chi connectivity index (χ4v) is 2.47. The van der Waals surface area contributed by atoms with Crippen LogP contribution in [0.4, 0.5) is 0 Å². The molecule has 0 bridgehead atoms. The summed E-state index contributed by atoms with van der Waals surface area (Å²) in [6.07, 6.45) is 1.54. The van der Waals surface area contributed by atoms with Crippen LogP contribution in [0.3, 0.4) is 0 Å². The molecule has 2 rings (SSSR count). The van der Waals surface area contributed by atoms with Crippen molar-refractivity contribution in [2.75, 3.05) is 6.54 Å². The molecule has 1 heterocycles. The van der Waals surface area contributed by atoms with E-state index in [9.17, 15) is 4.79 Å². The molecule has 15 heavy (non-hydrogen) atoms. The van der Waals surface area contributed by atoms with E-state index < -0.39 is 0 Å². The summed E-state index contributed by atoms with van der Waals surface area (Å²) in [4.78, 5) is 14.0. The molecule has 2 fully saturated rings. The van der Waals surface area contributed by atoms with Crippen LogP contribution in [0.25, 0.3) is 0 Å². The monoisotopic (exact) mass is 210 g/mol. The van der Waals surface area contributed by atoms with Gasteiger partial charge in [0.25, 0.3) is 0 Å². The van der Waals surface area contributed by atoms with Crippen LogP contribution in [0, 0.1) is 17.8 Å². The average molecular weight is 210 g/mol. The van der Waals surface area contributed by atoms with Crippen LogP contribution < -0.4 is 5.32 Å². The Morgan fingerprint density at radius 3 is 2.53 bits per heavy atom. The maximum atomic E-state index is 12.0. The third-order valence-electron chi connectivity index (χ3n) is 3.75. The van der Waals surface area contributed by atoms with Crippen molar-refractivity contribution >= 4 is 5.91 Å². The van der Waals surface area contributed by atoms with Gasteiger partial charge in [0.1, 0.15) is 0 Å². The first-order valence-corrected chi connectivity index (χ1v) is 6.07. The Morgan fingerprint density at radius 2 is 2.07 bits per heavy atom. The highest BCUT2D eigenvalue weighted by Gasteiger charge is 2.42. The summed E-state index contributed by atoms with van der Waals surface area (Å²) in [5.41, 5.74) is 0. The molecule has 1 saturated heterocycles. The summed E-state index contributed by atoms with van der Waals surface area (Å²) >= 11 is 0. The Hall–Kier alpha value is -0.570. The highest BCUT2D eigenvalue weighted by atomic mass is 16.2. The van der Waals surface area contributed by atoms with Gasteiger partial charge in [0.2, 0.25) is 5.91 Å². The molecule has 0 aromatic carbocycles. The van der Waals surface area contributed by atoms with Crippen molar-refractivity contribution in [3.05, 3.63) is 0 Å². The summed E-state index contributed by atoms with van der Waals surface area (Å²) in [7, 11) is 0. The summed E-state index contributed by atoms with van der Waals surface area (Å²) in [6.45, 7) is 9.54. The SMILES string of the molecule is CC1NC(C(C)C)N(CC2CC2C)C1=O.